The van der Waals surface area contributed by atoms with Crippen molar-refractivity contribution in [2.45, 2.75) is 58.2 Å². The Kier molecular flexibility index (Phi) is 9.81. The monoisotopic (exact) mass is 501 g/mol. The summed E-state index contributed by atoms with van der Waals surface area (Å²) in [6, 6.07) is 15.6. The molecule has 1 aliphatic rings. The van der Waals surface area contributed by atoms with Gasteiger partial charge in [-0.05, 0) is 63.8 Å². The Labute approximate surface area is 213 Å². The van der Waals surface area contributed by atoms with Crippen molar-refractivity contribution in [1.29, 1.82) is 0 Å². The van der Waals surface area contributed by atoms with E-state index < -0.39 is 6.09 Å². The smallest absolute Gasteiger partial charge is 0.407 e. The first kappa shape index (κ1) is 26.8. The van der Waals surface area contributed by atoms with Gasteiger partial charge in [0.25, 0.3) is 5.91 Å². The number of hydrogen-bond acceptors (Lipinski definition) is 5. The molecule has 1 fully saturated rings. The minimum absolute atomic E-state index is 0.106. The van der Waals surface area contributed by atoms with Gasteiger partial charge in [0.1, 0.15) is 11.9 Å². The molecule has 8 heteroatoms. The Bertz CT molecular complexity index is 970. The molecule has 2 amide bonds. The largest absolute Gasteiger partial charge is 0.489 e. The average molecular weight is 502 g/mol. The molecule has 2 aromatic rings. The fourth-order valence-electron chi connectivity index (χ4n) is 3.83. The molecule has 0 spiro atoms. The predicted octanol–water partition coefficient (Wildman–Crippen LogP) is 5.03. The highest BCUT2D eigenvalue weighted by Gasteiger charge is 2.22. The third-order valence-electron chi connectivity index (χ3n) is 5.59. The maximum absolute atomic E-state index is 12.4. The van der Waals surface area contributed by atoms with Crippen LogP contribution < -0.4 is 15.4 Å². The molecule has 0 unspecified atom stereocenters. The van der Waals surface area contributed by atoms with Crippen LogP contribution in [0.4, 0.5) is 4.79 Å². The van der Waals surface area contributed by atoms with E-state index in [-0.39, 0.29) is 24.2 Å². The lowest BCUT2D eigenvalue weighted by molar-refractivity contribution is 0.0947. The van der Waals surface area contributed by atoms with Crippen molar-refractivity contribution in [3.63, 3.8) is 0 Å². The van der Waals surface area contributed by atoms with Crippen molar-refractivity contribution in [2.24, 2.45) is 0 Å². The molecule has 7 nitrogen and oxygen atoms in total. The average Bonchev–Trinajstić information content (AvgIpc) is 2.81. The van der Waals surface area contributed by atoms with E-state index >= 15 is 0 Å². The lowest BCUT2D eigenvalue weighted by atomic mass is 10.1. The predicted molar refractivity (Wildman–Crippen MR) is 138 cm³/mol. The number of nitrogens with zero attached hydrogens (tertiary/aromatic N) is 1. The van der Waals surface area contributed by atoms with E-state index in [0.29, 0.717) is 29.3 Å². The molecule has 1 aliphatic heterocycles. The van der Waals surface area contributed by atoms with Gasteiger partial charge >= 0.3 is 6.09 Å². The summed E-state index contributed by atoms with van der Waals surface area (Å²) in [5.74, 6) is 0.370. The summed E-state index contributed by atoms with van der Waals surface area (Å²) < 4.78 is 11.3. The number of carbonyl (C=O) groups excluding carboxylic acids is 2. The van der Waals surface area contributed by atoms with Crippen LogP contribution in [0.1, 0.15) is 56.0 Å². The van der Waals surface area contributed by atoms with E-state index in [1.54, 1.807) is 18.2 Å². The molecular weight excluding hydrogens is 466 g/mol. The Morgan fingerprint density at radius 3 is 2.46 bits per heavy atom. The van der Waals surface area contributed by atoms with Crippen molar-refractivity contribution in [2.75, 3.05) is 26.2 Å². The highest BCUT2D eigenvalue weighted by molar-refractivity contribution is 6.32. The first-order valence-electron chi connectivity index (χ1n) is 12.2. The number of alkyl carbamates (subject to hydrolysis) is 1. The van der Waals surface area contributed by atoms with Gasteiger partial charge in [-0.2, -0.15) is 0 Å². The number of likely N-dealkylation sites (tertiary alicyclic amines) is 1. The molecule has 2 aromatic carbocycles. The Morgan fingerprint density at radius 2 is 1.80 bits per heavy atom. The zero-order valence-electron chi connectivity index (χ0n) is 20.8. The molecule has 3 rings (SSSR count). The van der Waals surface area contributed by atoms with Gasteiger partial charge in [0, 0.05) is 37.3 Å². The van der Waals surface area contributed by atoms with Crippen LogP contribution in [0.3, 0.4) is 0 Å². The van der Waals surface area contributed by atoms with Crippen molar-refractivity contribution < 1.29 is 19.1 Å². The molecular formula is C27H36ClN3O4. The van der Waals surface area contributed by atoms with E-state index in [1.807, 2.05) is 26.8 Å². The van der Waals surface area contributed by atoms with Crippen LogP contribution in [0.25, 0.3) is 0 Å². The zero-order valence-corrected chi connectivity index (χ0v) is 21.6. The van der Waals surface area contributed by atoms with Gasteiger partial charge in [0.15, 0.2) is 0 Å². The second-order valence-corrected chi connectivity index (χ2v) is 10.3. The normalized spacial score (nSPS) is 14.9. The molecule has 0 radical (unpaired) electrons. The third kappa shape index (κ3) is 9.42. The summed E-state index contributed by atoms with van der Waals surface area (Å²) in [6.45, 7) is 9.15. The summed E-state index contributed by atoms with van der Waals surface area (Å²) in [5, 5.41) is 5.96. The van der Waals surface area contributed by atoms with Crippen molar-refractivity contribution in [1.82, 2.24) is 15.5 Å². The molecule has 0 atom stereocenters. The molecule has 0 saturated carbocycles. The summed E-state index contributed by atoms with van der Waals surface area (Å²) in [5.41, 5.74) is 1.44. The van der Waals surface area contributed by atoms with Gasteiger partial charge in [-0.15, -0.1) is 0 Å². The van der Waals surface area contributed by atoms with Crippen molar-refractivity contribution in [3.8, 4) is 5.75 Å². The molecule has 190 valence electrons. The topological polar surface area (TPSA) is 79.9 Å². The summed E-state index contributed by atoms with van der Waals surface area (Å²) in [4.78, 5) is 26.5. The minimum Gasteiger partial charge on any atom is -0.489 e. The van der Waals surface area contributed by atoms with E-state index in [4.69, 9.17) is 21.1 Å². The lowest BCUT2D eigenvalue weighted by Crippen LogP contribution is -2.41. The van der Waals surface area contributed by atoms with Crippen LogP contribution in [-0.2, 0) is 11.3 Å². The molecule has 0 bridgehead atoms. The third-order valence-corrected chi connectivity index (χ3v) is 5.88. The van der Waals surface area contributed by atoms with E-state index in [0.717, 1.165) is 32.5 Å². The van der Waals surface area contributed by atoms with Gasteiger partial charge in [-0.25, -0.2) is 4.79 Å². The van der Waals surface area contributed by atoms with Crippen LogP contribution >= 0.6 is 11.6 Å². The number of rotatable bonds is 9. The van der Waals surface area contributed by atoms with Crippen LogP contribution in [0.5, 0.6) is 5.75 Å². The zero-order chi connectivity index (χ0) is 25.3. The fourth-order valence-corrected chi connectivity index (χ4v) is 4.05. The summed E-state index contributed by atoms with van der Waals surface area (Å²) in [6.07, 6.45) is 2.02. The molecule has 0 aliphatic carbocycles. The molecule has 1 saturated heterocycles. The minimum atomic E-state index is -0.465. The Morgan fingerprint density at radius 1 is 1.09 bits per heavy atom. The number of benzene rings is 2. The molecule has 1 heterocycles. The first-order chi connectivity index (χ1) is 16.7. The number of hydrogen-bond donors (Lipinski definition) is 2. The van der Waals surface area contributed by atoms with E-state index in [9.17, 15) is 9.59 Å². The van der Waals surface area contributed by atoms with Crippen molar-refractivity contribution >= 4 is 23.6 Å². The molecule has 0 aromatic heterocycles. The van der Waals surface area contributed by atoms with Crippen LogP contribution in [0, 0.1) is 0 Å². The van der Waals surface area contributed by atoms with Gasteiger partial charge in [0.2, 0.25) is 0 Å². The number of carbonyl (C=O) groups is 2. The van der Waals surface area contributed by atoms with Crippen LogP contribution in [0.15, 0.2) is 48.5 Å². The summed E-state index contributed by atoms with van der Waals surface area (Å²) >= 11 is 6.42. The second-order valence-electron chi connectivity index (χ2n) is 9.84. The molecule has 2 N–H and O–H groups in total. The lowest BCUT2D eigenvalue weighted by Gasteiger charge is -2.32. The SMILES string of the molecule is CC(C)(C)NC(=O)OCCCNC(=O)c1ccc(OC2CCN(Cc3ccccc3)CC2)c(Cl)c1. The highest BCUT2D eigenvalue weighted by Crippen LogP contribution is 2.28. The van der Waals surface area contributed by atoms with Gasteiger partial charge in [-0.1, -0.05) is 41.9 Å². The number of ether oxygens (including phenoxy) is 2. The second kappa shape index (κ2) is 12.8. The summed E-state index contributed by atoms with van der Waals surface area (Å²) in [7, 11) is 0. The van der Waals surface area contributed by atoms with Gasteiger partial charge < -0.3 is 20.1 Å². The van der Waals surface area contributed by atoms with E-state index in [1.165, 1.54) is 5.56 Å². The van der Waals surface area contributed by atoms with Crippen LogP contribution in [-0.4, -0.2) is 54.8 Å². The van der Waals surface area contributed by atoms with Gasteiger partial charge in [0.05, 0.1) is 11.6 Å². The number of amides is 2. The maximum atomic E-state index is 12.4. The number of nitrogens with one attached hydrogen (secondary N) is 2. The quantitative estimate of drug-likeness (QED) is 0.471. The Hall–Kier alpha value is -2.77. The number of piperidine rings is 1. The van der Waals surface area contributed by atoms with Gasteiger partial charge in [-0.3, -0.25) is 9.69 Å². The highest BCUT2D eigenvalue weighted by atomic mass is 35.5. The number of halogens is 1. The maximum Gasteiger partial charge on any atom is 0.407 e. The van der Waals surface area contributed by atoms with Crippen LogP contribution in [0.2, 0.25) is 5.02 Å². The Balaban J connectivity index is 1.37. The molecule has 35 heavy (non-hydrogen) atoms. The standard InChI is InChI=1S/C27H36ClN3O4/c1-27(2,3)30-26(33)34-17-7-14-29-25(32)21-10-11-24(23(28)18-21)35-22-12-15-31(16-13-22)19-20-8-5-4-6-9-20/h4-6,8-11,18,22H,7,12-17,19H2,1-3H3,(H,29,32)(H,30,33). The fraction of sp³-hybridized carbons (Fsp3) is 0.481. The first-order valence-corrected chi connectivity index (χ1v) is 12.5. The van der Waals surface area contributed by atoms with Crippen molar-refractivity contribution in [3.05, 3.63) is 64.7 Å². The van der Waals surface area contributed by atoms with E-state index in [2.05, 4.69) is 39.8 Å².